The van der Waals surface area contributed by atoms with Crippen molar-refractivity contribution in [1.82, 2.24) is 0 Å². The minimum atomic E-state index is 0.968. The van der Waals surface area contributed by atoms with Crippen LogP contribution < -0.4 is 0 Å². The van der Waals surface area contributed by atoms with Crippen LogP contribution in [0.15, 0.2) is 116 Å². The molecule has 0 amide bonds. The Labute approximate surface area is 281 Å². The monoisotopic (exact) mass is 620 g/mol. The van der Waals surface area contributed by atoms with Crippen molar-refractivity contribution in [2.75, 3.05) is 0 Å². The van der Waals surface area contributed by atoms with E-state index in [0.717, 1.165) is 113 Å². The topological polar surface area (TPSA) is 18.5 Å². The van der Waals surface area contributed by atoms with Gasteiger partial charge in [0, 0.05) is 35.1 Å². The van der Waals surface area contributed by atoms with E-state index in [1.165, 1.54) is 100 Å². The zero-order valence-corrected chi connectivity index (χ0v) is 27.3. The molecule has 0 unspecified atom stereocenters. The van der Waals surface area contributed by atoms with Crippen molar-refractivity contribution in [3.63, 3.8) is 0 Å². The molecule has 0 aromatic heterocycles. The molecule has 0 saturated heterocycles. The predicted molar refractivity (Wildman–Crippen MR) is 190 cm³/mol. The molecule has 2 aromatic rings. The minimum Gasteiger partial charge on any atom is -0.456 e. The number of ether oxygens (including phenoxy) is 2. The van der Waals surface area contributed by atoms with Crippen molar-refractivity contribution in [2.24, 2.45) is 0 Å². The molecule has 232 valence electrons. The van der Waals surface area contributed by atoms with Gasteiger partial charge in [0.15, 0.2) is 0 Å². The third kappa shape index (κ3) is 3.20. The molecule has 12 bridgehead atoms. The van der Waals surface area contributed by atoms with Crippen molar-refractivity contribution in [3.05, 3.63) is 160 Å². The fourth-order valence-electron chi connectivity index (χ4n) is 11.1. The first kappa shape index (κ1) is 25.5. The van der Waals surface area contributed by atoms with Gasteiger partial charge in [0.05, 0.1) is 0 Å². The third-order valence-corrected chi connectivity index (χ3v) is 13.6. The highest BCUT2D eigenvalue weighted by Gasteiger charge is 2.38. The second-order valence-electron chi connectivity index (χ2n) is 15.9. The van der Waals surface area contributed by atoms with Crippen LogP contribution in [0.2, 0.25) is 0 Å². The van der Waals surface area contributed by atoms with Crippen LogP contribution >= 0.6 is 0 Å². The van der Waals surface area contributed by atoms with Crippen LogP contribution in [0.5, 0.6) is 0 Å². The van der Waals surface area contributed by atoms with E-state index in [1.54, 1.807) is 11.1 Å². The lowest BCUT2D eigenvalue weighted by Crippen LogP contribution is -2.22. The molecule has 0 radical (unpaired) electrons. The highest BCUT2D eigenvalue weighted by molar-refractivity contribution is 5.88. The van der Waals surface area contributed by atoms with Gasteiger partial charge >= 0.3 is 0 Å². The van der Waals surface area contributed by atoms with Gasteiger partial charge in [-0.2, -0.15) is 0 Å². The number of hydrogen-bond acceptors (Lipinski definition) is 2. The summed E-state index contributed by atoms with van der Waals surface area (Å²) in [7, 11) is 0. The fourth-order valence-corrected chi connectivity index (χ4v) is 11.1. The van der Waals surface area contributed by atoms with Gasteiger partial charge in [-0.1, -0.05) is 24.3 Å². The van der Waals surface area contributed by atoms with Gasteiger partial charge in [0.25, 0.3) is 0 Å². The Hall–Kier alpha value is -4.56. The maximum Gasteiger partial charge on any atom is 0.138 e. The van der Waals surface area contributed by atoms with Crippen LogP contribution in [0, 0.1) is 0 Å². The highest BCUT2D eigenvalue weighted by Crippen LogP contribution is 2.55. The second kappa shape index (κ2) is 8.72. The minimum absolute atomic E-state index is 0.968. The van der Waals surface area contributed by atoms with E-state index in [0.29, 0.717) is 0 Å². The SMILES string of the molecule is C1=C2CCC3=CC4=C5OC3=C2CC2=C1CCc1cc3c(cc12)C1=C(C=C2CCC6=CC7=C(CC6=C2O1)c1cc5c(cc1CC7)CC4)CC3. The Morgan fingerprint density at radius 2 is 0.708 bits per heavy atom. The maximum atomic E-state index is 7.26. The summed E-state index contributed by atoms with van der Waals surface area (Å²) in [5, 5.41) is 0. The van der Waals surface area contributed by atoms with Gasteiger partial charge in [-0.05, 0) is 190 Å². The Morgan fingerprint density at radius 1 is 0.312 bits per heavy atom. The Kier molecular flexibility index (Phi) is 4.62. The van der Waals surface area contributed by atoms with Crippen LogP contribution in [0.1, 0.15) is 109 Å². The summed E-state index contributed by atoms with van der Waals surface area (Å²) in [5.74, 6) is 4.59. The summed E-state index contributed by atoms with van der Waals surface area (Å²) >= 11 is 0. The van der Waals surface area contributed by atoms with Gasteiger partial charge < -0.3 is 9.47 Å². The molecule has 11 aliphatic rings. The molecule has 2 nitrogen and oxygen atoms in total. The standard InChI is InChI=1S/C46H36O2/c1-2-24-14-28-6-10-32-18-34-12-8-30-16-26-4-3-25-15-29-7-11-33-17-31-9-5-27-13-23(1)35-19-39(27)43(31)47-45(33)41(29)21-37(25)38(26)22-42(30)46(34)48-44(32)40(28)20-36(24)35/h13-19,22H,1-12,20-21H2. The van der Waals surface area contributed by atoms with E-state index in [2.05, 4.69) is 48.6 Å². The molecule has 3 heterocycles. The van der Waals surface area contributed by atoms with E-state index < -0.39 is 0 Å². The normalized spacial score (nSPS) is 24.7. The van der Waals surface area contributed by atoms with Crippen molar-refractivity contribution >= 4 is 22.7 Å². The van der Waals surface area contributed by atoms with E-state index in [9.17, 15) is 0 Å². The smallest absolute Gasteiger partial charge is 0.138 e. The number of rotatable bonds is 0. The average Bonchev–Trinajstić information content (AvgIpc) is 3.13. The van der Waals surface area contributed by atoms with Crippen LogP contribution in [-0.4, -0.2) is 0 Å². The Morgan fingerprint density at radius 3 is 1.19 bits per heavy atom. The molecule has 13 rings (SSSR count). The van der Waals surface area contributed by atoms with Crippen LogP contribution in [0.3, 0.4) is 0 Å². The molecule has 48 heavy (non-hydrogen) atoms. The predicted octanol–water partition coefficient (Wildman–Crippen LogP) is 10.8. The molecular weight excluding hydrogens is 585 g/mol. The number of aryl methyl sites for hydroxylation is 4. The number of allylic oxidation sites excluding steroid dienone is 16. The summed E-state index contributed by atoms with van der Waals surface area (Å²) in [4.78, 5) is 0. The van der Waals surface area contributed by atoms with Gasteiger partial charge in [0.1, 0.15) is 23.0 Å². The lowest BCUT2D eigenvalue weighted by atomic mass is 9.71. The van der Waals surface area contributed by atoms with E-state index in [4.69, 9.17) is 9.47 Å². The molecule has 0 N–H and O–H groups in total. The lowest BCUT2D eigenvalue weighted by molar-refractivity contribution is 0.366. The van der Waals surface area contributed by atoms with Crippen molar-refractivity contribution in [1.29, 1.82) is 0 Å². The molecular formula is C46H36O2. The van der Waals surface area contributed by atoms with E-state index in [1.807, 2.05) is 0 Å². The second-order valence-corrected chi connectivity index (χ2v) is 15.9. The van der Waals surface area contributed by atoms with E-state index in [-0.39, 0.29) is 0 Å². The van der Waals surface area contributed by atoms with E-state index >= 15 is 0 Å². The maximum absolute atomic E-state index is 7.26. The van der Waals surface area contributed by atoms with Crippen LogP contribution in [-0.2, 0) is 35.2 Å². The summed E-state index contributed by atoms with van der Waals surface area (Å²) in [6, 6.07) is 10.2. The van der Waals surface area contributed by atoms with Crippen molar-refractivity contribution in [2.45, 2.75) is 89.9 Å². The quantitative estimate of drug-likeness (QED) is 0.292. The van der Waals surface area contributed by atoms with Crippen molar-refractivity contribution < 1.29 is 9.47 Å². The molecule has 3 aliphatic heterocycles. The van der Waals surface area contributed by atoms with Gasteiger partial charge in [0.2, 0.25) is 0 Å². The fraction of sp³-hybridized carbons (Fsp3) is 0.304. The third-order valence-electron chi connectivity index (χ3n) is 13.6. The molecule has 2 aromatic carbocycles. The molecule has 0 saturated carbocycles. The summed E-state index contributed by atoms with van der Waals surface area (Å²) < 4.78 is 14.5. The lowest BCUT2D eigenvalue weighted by Gasteiger charge is -2.38. The first-order valence-electron chi connectivity index (χ1n) is 18.6. The molecule has 0 fully saturated rings. The van der Waals surface area contributed by atoms with Crippen LogP contribution in [0.4, 0.5) is 0 Å². The molecule has 0 spiro atoms. The molecule has 0 atom stereocenters. The van der Waals surface area contributed by atoms with Crippen molar-refractivity contribution in [3.8, 4) is 0 Å². The summed E-state index contributed by atoms with van der Waals surface area (Å²) in [6.45, 7) is 0. The average molecular weight is 621 g/mol. The van der Waals surface area contributed by atoms with Gasteiger partial charge in [-0.15, -0.1) is 0 Å². The Balaban J connectivity index is 1.10. The van der Waals surface area contributed by atoms with Gasteiger partial charge in [-0.25, -0.2) is 0 Å². The first-order valence-corrected chi connectivity index (χ1v) is 18.6. The zero-order chi connectivity index (χ0) is 30.8. The number of hydrogen-bond donors (Lipinski definition) is 0. The summed E-state index contributed by atoms with van der Waals surface area (Å²) in [5.41, 5.74) is 29.3. The molecule has 2 heteroatoms. The first-order chi connectivity index (χ1) is 23.7. The highest BCUT2D eigenvalue weighted by atomic mass is 16.5. The number of benzene rings is 2. The molecule has 8 aliphatic carbocycles. The van der Waals surface area contributed by atoms with Crippen LogP contribution in [0.25, 0.3) is 22.7 Å². The van der Waals surface area contributed by atoms with Gasteiger partial charge in [-0.3, -0.25) is 0 Å². The zero-order valence-electron chi connectivity index (χ0n) is 27.3. The summed E-state index contributed by atoms with van der Waals surface area (Å²) in [6.07, 6.45) is 25.4. The Bertz CT molecular complexity index is 2080. The largest absolute Gasteiger partial charge is 0.456 e.